The second-order valence-corrected chi connectivity index (χ2v) is 4.33. The van der Waals surface area contributed by atoms with E-state index < -0.39 is 6.09 Å². The number of hydrogen-bond donors (Lipinski definition) is 2. The van der Waals surface area contributed by atoms with Gasteiger partial charge in [0.2, 0.25) is 0 Å². The van der Waals surface area contributed by atoms with Crippen LogP contribution in [0.25, 0.3) is 0 Å². The first-order chi connectivity index (χ1) is 7.41. The van der Waals surface area contributed by atoms with Gasteiger partial charge in [-0.15, -0.1) is 0 Å². The van der Waals surface area contributed by atoms with E-state index in [0.29, 0.717) is 17.9 Å². The molecule has 0 unspecified atom stereocenters. The Morgan fingerprint density at radius 2 is 2.12 bits per heavy atom. The second kappa shape index (κ2) is 4.88. The van der Waals surface area contributed by atoms with Crippen molar-refractivity contribution in [1.29, 1.82) is 0 Å². The molecule has 88 valence electrons. The summed E-state index contributed by atoms with van der Waals surface area (Å²) in [4.78, 5) is 12.4. The zero-order chi connectivity index (χ0) is 12.3. The van der Waals surface area contributed by atoms with Gasteiger partial charge in [0.25, 0.3) is 0 Å². The van der Waals surface area contributed by atoms with E-state index in [9.17, 15) is 4.79 Å². The van der Waals surface area contributed by atoms with Crippen molar-refractivity contribution < 1.29 is 9.90 Å². The van der Waals surface area contributed by atoms with Crippen LogP contribution in [0, 0.1) is 12.8 Å². The van der Waals surface area contributed by atoms with E-state index in [2.05, 4.69) is 0 Å². The predicted octanol–water partition coefficient (Wildman–Crippen LogP) is 2.72. The number of nitrogen functional groups attached to an aromatic ring is 1. The molecule has 0 aliphatic heterocycles. The summed E-state index contributed by atoms with van der Waals surface area (Å²) in [5, 5.41) is 9.12. The average molecular weight is 222 g/mol. The van der Waals surface area contributed by atoms with Crippen LogP contribution in [0.15, 0.2) is 18.2 Å². The van der Waals surface area contributed by atoms with Crippen molar-refractivity contribution in [3.63, 3.8) is 0 Å². The lowest BCUT2D eigenvalue weighted by Crippen LogP contribution is -2.32. The predicted molar refractivity (Wildman–Crippen MR) is 65.8 cm³/mol. The number of benzene rings is 1. The van der Waals surface area contributed by atoms with Gasteiger partial charge in [-0.1, -0.05) is 19.9 Å². The molecule has 1 rings (SSSR count). The van der Waals surface area contributed by atoms with Gasteiger partial charge in [-0.25, -0.2) is 4.79 Å². The van der Waals surface area contributed by atoms with Gasteiger partial charge in [-0.05, 0) is 30.5 Å². The van der Waals surface area contributed by atoms with Gasteiger partial charge in [0, 0.05) is 17.9 Å². The van der Waals surface area contributed by atoms with Crippen molar-refractivity contribution in [3.8, 4) is 0 Å². The molecule has 0 saturated heterocycles. The van der Waals surface area contributed by atoms with E-state index in [1.165, 1.54) is 4.90 Å². The summed E-state index contributed by atoms with van der Waals surface area (Å²) < 4.78 is 0. The Morgan fingerprint density at radius 1 is 1.50 bits per heavy atom. The number of aryl methyl sites for hydroxylation is 1. The Balaban J connectivity index is 3.01. The molecule has 3 N–H and O–H groups in total. The normalized spacial score (nSPS) is 10.5. The number of amides is 1. The molecule has 4 nitrogen and oxygen atoms in total. The van der Waals surface area contributed by atoms with Gasteiger partial charge in [0.05, 0.1) is 0 Å². The van der Waals surface area contributed by atoms with E-state index in [1.807, 2.05) is 26.8 Å². The van der Waals surface area contributed by atoms with Crippen LogP contribution in [0.1, 0.15) is 19.4 Å². The Kier molecular flexibility index (Phi) is 3.77. The molecule has 0 fully saturated rings. The van der Waals surface area contributed by atoms with Crippen molar-refractivity contribution in [2.24, 2.45) is 5.92 Å². The van der Waals surface area contributed by atoms with E-state index in [4.69, 9.17) is 10.8 Å². The lowest BCUT2D eigenvalue weighted by molar-refractivity contribution is 0.201. The van der Waals surface area contributed by atoms with E-state index in [-0.39, 0.29) is 5.92 Å². The molecule has 1 aromatic carbocycles. The minimum Gasteiger partial charge on any atom is -0.465 e. The van der Waals surface area contributed by atoms with Gasteiger partial charge in [0.15, 0.2) is 0 Å². The summed E-state index contributed by atoms with van der Waals surface area (Å²) in [6, 6.07) is 5.31. The third kappa shape index (κ3) is 2.89. The Bertz CT molecular complexity index is 389. The molecular formula is C12H18N2O2. The maximum atomic E-state index is 11.1. The molecule has 0 atom stereocenters. The van der Waals surface area contributed by atoms with Crippen LogP contribution in [0.3, 0.4) is 0 Å². The Labute approximate surface area is 95.7 Å². The highest BCUT2D eigenvalue weighted by Gasteiger charge is 2.15. The summed E-state index contributed by atoms with van der Waals surface area (Å²) in [6.45, 7) is 6.32. The Morgan fingerprint density at radius 3 is 2.56 bits per heavy atom. The van der Waals surface area contributed by atoms with Gasteiger partial charge >= 0.3 is 6.09 Å². The fourth-order valence-electron chi connectivity index (χ4n) is 1.45. The molecule has 0 aliphatic rings. The first-order valence-corrected chi connectivity index (χ1v) is 5.28. The van der Waals surface area contributed by atoms with Crippen LogP contribution >= 0.6 is 0 Å². The van der Waals surface area contributed by atoms with Crippen LogP contribution in [0.5, 0.6) is 0 Å². The number of rotatable bonds is 3. The molecule has 1 aromatic rings. The monoisotopic (exact) mass is 222 g/mol. The fraction of sp³-hybridized carbons (Fsp3) is 0.417. The molecule has 0 bridgehead atoms. The van der Waals surface area contributed by atoms with Crippen LogP contribution in [0.2, 0.25) is 0 Å². The van der Waals surface area contributed by atoms with Crippen LogP contribution < -0.4 is 10.6 Å². The number of carboxylic acid groups (broad SMARTS) is 1. The summed E-state index contributed by atoms with van der Waals surface area (Å²) in [6.07, 6.45) is -0.947. The first kappa shape index (κ1) is 12.4. The van der Waals surface area contributed by atoms with Crippen LogP contribution in [0.4, 0.5) is 16.2 Å². The molecule has 0 saturated carbocycles. The number of nitrogens with zero attached hydrogens (tertiary/aromatic N) is 1. The molecule has 0 heterocycles. The van der Waals surface area contributed by atoms with Crippen molar-refractivity contribution in [1.82, 2.24) is 0 Å². The van der Waals surface area contributed by atoms with Crippen molar-refractivity contribution in [2.75, 3.05) is 17.2 Å². The lowest BCUT2D eigenvalue weighted by Gasteiger charge is -2.22. The van der Waals surface area contributed by atoms with Gasteiger partial charge < -0.3 is 10.8 Å². The Hall–Kier alpha value is -1.71. The van der Waals surface area contributed by atoms with Crippen molar-refractivity contribution >= 4 is 17.5 Å². The van der Waals surface area contributed by atoms with E-state index >= 15 is 0 Å². The van der Waals surface area contributed by atoms with E-state index in [0.717, 1.165) is 5.56 Å². The highest BCUT2D eigenvalue weighted by Crippen LogP contribution is 2.21. The number of anilines is 2. The molecule has 0 aliphatic carbocycles. The third-order valence-corrected chi connectivity index (χ3v) is 2.35. The molecule has 16 heavy (non-hydrogen) atoms. The molecule has 0 spiro atoms. The average Bonchev–Trinajstić information content (AvgIpc) is 2.18. The van der Waals surface area contributed by atoms with Crippen molar-refractivity contribution in [2.45, 2.75) is 20.8 Å². The second-order valence-electron chi connectivity index (χ2n) is 4.33. The highest BCUT2D eigenvalue weighted by molar-refractivity contribution is 5.86. The standard InChI is InChI=1S/C12H18N2O2/c1-8(2)7-14(12(15)16)10-5-4-9(3)11(13)6-10/h4-6,8H,7,13H2,1-3H3,(H,15,16). The topological polar surface area (TPSA) is 66.6 Å². The minimum atomic E-state index is -0.947. The molecule has 1 amide bonds. The maximum absolute atomic E-state index is 11.1. The largest absolute Gasteiger partial charge is 0.465 e. The van der Waals surface area contributed by atoms with Crippen LogP contribution in [-0.4, -0.2) is 17.7 Å². The van der Waals surface area contributed by atoms with Crippen molar-refractivity contribution in [3.05, 3.63) is 23.8 Å². The summed E-state index contributed by atoms with van der Waals surface area (Å²) >= 11 is 0. The third-order valence-electron chi connectivity index (χ3n) is 2.35. The lowest BCUT2D eigenvalue weighted by atomic mass is 10.1. The summed E-state index contributed by atoms with van der Waals surface area (Å²) in [7, 11) is 0. The van der Waals surface area contributed by atoms with Crippen LogP contribution in [-0.2, 0) is 0 Å². The summed E-state index contributed by atoms with van der Waals surface area (Å²) in [5.74, 6) is 0.277. The molecule has 0 radical (unpaired) electrons. The first-order valence-electron chi connectivity index (χ1n) is 5.28. The van der Waals surface area contributed by atoms with Gasteiger partial charge in [-0.3, -0.25) is 4.90 Å². The molecule has 4 heteroatoms. The quantitative estimate of drug-likeness (QED) is 0.773. The van der Waals surface area contributed by atoms with Gasteiger partial charge in [0.1, 0.15) is 0 Å². The molecule has 0 aromatic heterocycles. The number of carbonyl (C=O) groups is 1. The zero-order valence-electron chi connectivity index (χ0n) is 9.90. The number of nitrogens with two attached hydrogens (primary N) is 1. The maximum Gasteiger partial charge on any atom is 0.411 e. The van der Waals surface area contributed by atoms with Gasteiger partial charge in [-0.2, -0.15) is 0 Å². The SMILES string of the molecule is Cc1ccc(N(CC(C)C)C(=O)O)cc1N. The molecular weight excluding hydrogens is 204 g/mol. The smallest absolute Gasteiger partial charge is 0.411 e. The number of hydrogen-bond acceptors (Lipinski definition) is 2. The highest BCUT2D eigenvalue weighted by atomic mass is 16.4. The zero-order valence-corrected chi connectivity index (χ0v) is 9.90. The summed E-state index contributed by atoms with van der Waals surface area (Å²) in [5.41, 5.74) is 7.97. The fourth-order valence-corrected chi connectivity index (χ4v) is 1.45. The minimum absolute atomic E-state index is 0.277. The van der Waals surface area contributed by atoms with E-state index in [1.54, 1.807) is 12.1 Å².